The molecule has 0 fully saturated rings. The van der Waals surface area contributed by atoms with Gasteiger partial charge in [0.05, 0.1) is 11.3 Å². The summed E-state index contributed by atoms with van der Waals surface area (Å²) in [6, 6.07) is 6.28. The fourth-order valence-electron chi connectivity index (χ4n) is 1.40. The van der Waals surface area contributed by atoms with Crippen LogP contribution in [0.1, 0.15) is 5.56 Å². The molecule has 14 heavy (non-hydrogen) atoms. The number of alkyl halides is 1. The summed E-state index contributed by atoms with van der Waals surface area (Å²) < 4.78 is 7.56. The third kappa shape index (κ3) is 1.78. The van der Waals surface area contributed by atoms with Gasteiger partial charge in [0, 0.05) is 15.6 Å². The van der Waals surface area contributed by atoms with Gasteiger partial charge in [0.15, 0.2) is 0 Å². The molecule has 0 bridgehead atoms. The molecule has 0 atom stereocenters. The molecular weight excluding hydrogens is 280 g/mol. The van der Waals surface area contributed by atoms with Crippen LogP contribution in [0.25, 0.3) is 10.1 Å². The first-order chi connectivity index (χ1) is 6.74. The molecule has 4 heteroatoms. The standard InChI is InChI=1S/C10H9BrOS2/c1-12-8-4-9-6(2-7(8)5-11)3-10(13)14-9/h2-4,13H,5H2,1H3. The van der Waals surface area contributed by atoms with E-state index in [-0.39, 0.29) is 0 Å². The third-order valence-corrected chi connectivity index (χ3v) is 3.96. The molecule has 0 N–H and O–H groups in total. The van der Waals surface area contributed by atoms with E-state index in [0.29, 0.717) is 0 Å². The third-order valence-electron chi connectivity index (χ3n) is 2.05. The van der Waals surface area contributed by atoms with Gasteiger partial charge in [-0.25, -0.2) is 0 Å². The molecule has 0 spiro atoms. The van der Waals surface area contributed by atoms with Crippen molar-refractivity contribution in [2.75, 3.05) is 7.11 Å². The summed E-state index contributed by atoms with van der Waals surface area (Å²) in [5.74, 6) is 0.935. The molecule has 1 aromatic carbocycles. The van der Waals surface area contributed by atoms with Crippen molar-refractivity contribution in [2.24, 2.45) is 0 Å². The lowest BCUT2D eigenvalue weighted by atomic mass is 10.2. The molecule has 2 aromatic rings. The van der Waals surface area contributed by atoms with Crippen molar-refractivity contribution in [3.63, 3.8) is 0 Å². The smallest absolute Gasteiger partial charge is 0.124 e. The monoisotopic (exact) mass is 288 g/mol. The lowest BCUT2D eigenvalue weighted by molar-refractivity contribution is 0.412. The summed E-state index contributed by atoms with van der Waals surface area (Å²) >= 11 is 9.45. The van der Waals surface area contributed by atoms with E-state index < -0.39 is 0 Å². The van der Waals surface area contributed by atoms with Crippen LogP contribution in [0, 0.1) is 0 Å². The van der Waals surface area contributed by atoms with Crippen LogP contribution in [0.3, 0.4) is 0 Å². The van der Waals surface area contributed by atoms with Crippen LogP contribution in [0.5, 0.6) is 5.75 Å². The van der Waals surface area contributed by atoms with E-state index in [4.69, 9.17) is 4.74 Å². The van der Waals surface area contributed by atoms with Crippen molar-refractivity contribution >= 4 is 50.0 Å². The Morgan fingerprint density at radius 2 is 2.21 bits per heavy atom. The molecule has 1 aromatic heterocycles. The van der Waals surface area contributed by atoms with Gasteiger partial charge < -0.3 is 4.74 Å². The second kappa shape index (κ2) is 4.13. The topological polar surface area (TPSA) is 9.23 Å². The molecule has 2 rings (SSSR count). The zero-order valence-electron chi connectivity index (χ0n) is 7.58. The maximum atomic E-state index is 5.31. The zero-order chi connectivity index (χ0) is 10.1. The fourth-order valence-corrected chi connectivity index (χ4v) is 3.08. The number of thiol groups is 1. The predicted molar refractivity (Wildman–Crippen MR) is 68.3 cm³/mol. The molecule has 0 amide bonds. The normalized spacial score (nSPS) is 10.8. The van der Waals surface area contributed by atoms with Gasteiger partial charge in [-0.3, -0.25) is 0 Å². The molecule has 0 unspecified atom stereocenters. The Morgan fingerprint density at radius 1 is 1.43 bits per heavy atom. The van der Waals surface area contributed by atoms with Gasteiger partial charge in [-0.05, 0) is 23.6 Å². The largest absolute Gasteiger partial charge is 0.496 e. The van der Waals surface area contributed by atoms with E-state index in [1.54, 1.807) is 18.4 Å². The van der Waals surface area contributed by atoms with Gasteiger partial charge in [0.1, 0.15) is 5.75 Å². The summed E-state index contributed by atoms with van der Waals surface area (Å²) in [4.78, 5) is 0. The number of hydrogen-bond acceptors (Lipinski definition) is 3. The fraction of sp³-hybridized carbons (Fsp3) is 0.200. The van der Waals surface area contributed by atoms with Gasteiger partial charge in [-0.2, -0.15) is 0 Å². The number of benzene rings is 1. The first kappa shape index (κ1) is 10.3. The highest BCUT2D eigenvalue weighted by atomic mass is 79.9. The van der Waals surface area contributed by atoms with Crippen LogP contribution in [-0.2, 0) is 5.33 Å². The number of hydrogen-bond donors (Lipinski definition) is 1. The number of fused-ring (bicyclic) bond motifs is 1. The first-order valence-electron chi connectivity index (χ1n) is 4.10. The molecule has 0 aliphatic heterocycles. The van der Waals surface area contributed by atoms with E-state index in [2.05, 4.69) is 46.8 Å². The molecular formula is C10H9BrOS2. The van der Waals surface area contributed by atoms with Crippen molar-refractivity contribution in [3.05, 3.63) is 23.8 Å². The van der Waals surface area contributed by atoms with Crippen molar-refractivity contribution in [2.45, 2.75) is 9.54 Å². The second-order valence-electron chi connectivity index (χ2n) is 2.92. The van der Waals surface area contributed by atoms with E-state index in [9.17, 15) is 0 Å². The molecule has 74 valence electrons. The lowest BCUT2D eigenvalue weighted by Gasteiger charge is -2.05. The lowest BCUT2D eigenvalue weighted by Crippen LogP contribution is -1.88. The average Bonchev–Trinajstić information content (AvgIpc) is 2.54. The molecule has 0 aliphatic rings. The number of ether oxygens (including phenoxy) is 1. The molecule has 0 saturated heterocycles. The van der Waals surface area contributed by atoms with E-state index in [1.807, 2.05) is 0 Å². The summed E-state index contributed by atoms with van der Waals surface area (Å²) in [5.41, 5.74) is 1.17. The van der Waals surface area contributed by atoms with Gasteiger partial charge in [-0.15, -0.1) is 24.0 Å². The molecule has 1 nitrogen and oxygen atoms in total. The van der Waals surface area contributed by atoms with Crippen molar-refractivity contribution in [1.29, 1.82) is 0 Å². The Labute approximate surface area is 101 Å². The quantitative estimate of drug-likeness (QED) is 0.647. The molecule has 0 radical (unpaired) electrons. The minimum atomic E-state index is 0.809. The van der Waals surface area contributed by atoms with Gasteiger partial charge in [0.25, 0.3) is 0 Å². The van der Waals surface area contributed by atoms with Gasteiger partial charge in [-0.1, -0.05) is 15.9 Å². The number of halogens is 1. The predicted octanol–water partition coefficient (Wildman–Crippen LogP) is 4.09. The maximum absolute atomic E-state index is 5.31. The van der Waals surface area contributed by atoms with Gasteiger partial charge in [0.2, 0.25) is 0 Å². The minimum absolute atomic E-state index is 0.809. The molecule has 1 heterocycles. The Kier molecular flexibility index (Phi) is 3.04. The van der Waals surface area contributed by atoms with Crippen LogP contribution >= 0.6 is 39.9 Å². The minimum Gasteiger partial charge on any atom is -0.496 e. The number of methoxy groups -OCH3 is 1. The SMILES string of the molecule is COc1cc2sc(S)cc2cc1CBr. The van der Waals surface area contributed by atoms with Crippen molar-refractivity contribution in [1.82, 2.24) is 0 Å². The number of thiophene rings is 1. The average molecular weight is 289 g/mol. The summed E-state index contributed by atoms with van der Waals surface area (Å²) in [7, 11) is 1.70. The Balaban J connectivity index is 2.68. The Bertz CT molecular complexity index is 423. The van der Waals surface area contributed by atoms with E-state index in [1.165, 1.54) is 15.6 Å². The summed E-state index contributed by atoms with van der Waals surface area (Å²) in [5, 5.41) is 2.04. The highest BCUT2D eigenvalue weighted by Crippen LogP contribution is 2.34. The maximum Gasteiger partial charge on any atom is 0.124 e. The molecule has 0 saturated carbocycles. The summed E-state index contributed by atoms with van der Waals surface area (Å²) in [6.07, 6.45) is 0. The first-order valence-corrected chi connectivity index (χ1v) is 6.48. The van der Waals surface area contributed by atoms with Crippen LogP contribution in [-0.4, -0.2) is 7.11 Å². The highest BCUT2D eigenvalue weighted by Gasteiger charge is 2.06. The summed E-state index contributed by atoms with van der Waals surface area (Å²) in [6.45, 7) is 0. The highest BCUT2D eigenvalue weighted by molar-refractivity contribution is 9.08. The Hall–Kier alpha value is -0.190. The number of rotatable bonds is 2. The zero-order valence-corrected chi connectivity index (χ0v) is 10.9. The van der Waals surface area contributed by atoms with Crippen LogP contribution < -0.4 is 4.74 Å². The Morgan fingerprint density at radius 3 is 2.86 bits per heavy atom. The van der Waals surface area contributed by atoms with Crippen molar-refractivity contribution in [3.8, 4) is 5.75 Å². The van der Waals surface area contributed by atoms with E-state index >= 15 is 0 Å². The van der Waals surface area contributed by atoms with Crippen molar-refractivity contribution < 1.29 is 4.74 Å². The van der Waals surface area contributed by atoms with Crippen LogP contribution in [0.15, 0.2) is 22.4 Å². The molecule has 0 aliphatic carbocycles. The van der Waals surface area contributed by atoms with Crippen LogP contribution in [0.4, 0.5) is 0 Å². The van der Waals surface area contributed by atoms with Gasteiger partial charge >= 0.3 is 0 Å². The second-order valence-corrected chi connectivity index (χ2v) is 5.35. The van der Waals surface area contributed by atoms with E-state index in [0.717, 1.165) is 15.3 Å². The van der Waals surface area contributed by atoms with Crippen LogP contribution in [0.2, 0.25) is 0 Å².